The van der Waals surface area contributed by atoms with Gasteiger partial charge in [-0.25, -0.2) is 0 Å². The number of hydrogen-bond donors (Lipinski definition) is 1. The number of ether oxygens (including phenoxy) is 1. The summed E-state index contributed by atoms with van der Waals surface area (Å²) < 4.78 is 5.93. The van der Waals surface area contributed by atoms with Gasteiger partial charge in [0.2, 0.25) is 0 Å². The third-order valence-electron chi connectivity index (χ3n) is 3.33. The van der Waals surface area contributed by atoms with Gasteiger partial charge in [-0.15, -0.1) is 0 Å². The highest BCUT2D eigenvalue weighted by molar-refractivity contribution is 9.10. The summed E-state index contributed by atoms with van der Waals surface area (Å²) >= 11 is 3.38. The number of methoxy groups -OCH3 is 1. The van der Waals surface area contributed by atoms with Gasteiger partial charge in [0.1, 0.15) is 5.75 Å². The molecule has 1 aliphatic rings. The van der Waals surface area contributed by atoms with Gasteiger partial charge in [-0.1, -0.05) is 0 Å². The number of hydrogen-bond acceptors (Lipinski definition) is 3. The van der Waals surface area contributed by atoms with E-state index >= 15 is 0 Å². The second-order valence-electron chi connectivity index (χ2n) is 4.82. The Morgan fingerprint density at radius 2 is 2.26 bits per heavy atom. The highest BCUT2D eigenvalue weighted by Crippen LogP contribution is 2.26. The van der Waals surface area contributed by atoms with Crippen LogP contribution in [0.2, 0.25) is 0 Å². The largest absolute Gasteiger partial charge is 0.496 e. The predicted molar refractivity (Wildman–Crippen MR) is 78.7 cm³/mol. The van der Waals surface area contributed by atoms with Crippen molar-refractivity contribution in [2.24, 2.45) is 0 Å². The maximum atomic E-state index is 12.0. The van der Waals surface area contributed by atoms with Gasteiger partial charge in [0, 0.05) is 24.7 Å². The molecule has 1 saturated carbocycles. The highest BCUT2D eigenvalue weighted by Gasteiger charge is 2.25. The molecule has 1 amide bonds. The van der Waals surface area contributed by atoms with Gasteiger partial charge >= 0.3 is 0 Å². The molecule has 0 aliphatic heterocycles. The van der Waals surface area contributed by atoms with Crippen molar-refractivity contribution >= 4 is 21.8 Å². The van der Waals surface area contributed by atoms with Crippen molar-refractivity contribution < 1.29 is 9.53 Å². The smallest absolute Gasteiger partial charge is 0.251 e. The average Bonchev–Trinajstić information content (AvgIpc) is 3.22. The fourth-order valence-corrected chi connectivity index (χ4v) is 2.49. The molecule has 19 heavy (non-hydrogen) atoms. The van der Waals surface area contributed by atoms with Crippen LogP contribution in [0.3, 0.4) is 0 Å². The molecule has 0 bridgehead atoms. The molecule has 5 heteroatoms. The monoisotopic (exact) mass is 326 g/mol. The first-order valence-electron chi connectivity index (χ1n) is 6.44. The van der Waals surface area contributed by atoms with Crippen LogP contribution < -0.4 is 10.1 Å². The molecule has 0 radical (unpaired) electrons. The molecule has 1 aliphatic carbocycles. The Bertz CT molecular complexity index is 461. The minimum atomic E-state index is -0.0486. The molecule has 104 valence electrons. The molecule has 2 rings (SSSR count). The molecule has 0 saturated heterocycles. The van der Waals surface area contributed by atoms with Crippen molar-refractivity contribution in [1.82, 2.24) is 10.2 Å². The normalized spacial score (nSPS) is 14.5. The summed E-state index contributed by atoms with van der Waals surface area (Å²) in [5.74, 6) is 0.678. The molecule has 0 heterocycles. The van der Waals surface area contributed by atoms with Crippen molar-refractivity contribution in [2.45, 2.75) is 18.9 Å². The van der Waals surface area contributed by atoms with Crippen LogP contribution in [0.15, 0.2) is 22.7 Å². The van der Waals surface area contributed by atoms with Crippen molar-refractivity contribution in [3.63, 3.8) is 0 Å². The molecule has 1 aromatic carbocycles. The van der Waals surface area contributed by atoms with Crippen LogP contribution in [0.25, 0.3) is 0 Å². The Labute approximate surface area is 122 Å². The van der Waals surface area contributed by atoms with Crippen LogP contribution in [0, 0.1) is 0 Å². The Kier molecular flexibility index (Phi) is 4.82. The van der Waals surface area contributed by atoms with Crippen LogP contribution in [0.4, 0.5) is 0 Å². The number of nitrogens with one attached hydrogen (secondary N) is 1. The third-order valence-corrected chi connectivity index (χ3v) is 3.95. The summed E-state index contributed by atoms with van der Waals surface area (Å²) in [6.07, 6.45) is 2.58. The average molecular weight is 327 g/mol. The first-order chi connectivity index (χ1) is 9.11. The van der Waals surface area contributed by atoms with Gasteiger partial charge in [-0.05, 0) is 54.0 Å². The van der Waals surface area contributed by atoms with Gasteiger partial charge in [0.05, 0.1) is 11.6 Å². The van der Waals surface area contributed by atoms with Crippen molar-refractivity contribution in [3.05, 3.63) is 28.2 Å². The Balaban J connectivity index is 1.83. The molecule has 0 unspecified atom stereocenters. The fourth-order valence-electron chi connectivity index (χ4n) is 1.95. The SMILES string of the molecule is COc1ccc(C(=O)NCCN(C)C2CC2)cc1Br. The molecule has 1 aromatic rings. The second-order valence-corrected chi connectivity index (χ2v) is 5.67. The third kappa shape index (κ3) is 3.94. The zero-order valence-corrected chi connectivity index (χ0v) is 12.9. The summed E-state index contributed by atoms with van der Waals surface area (Å²) in [4.78, 5) is 14.3. The lowest BCUT2D eigenvalue weighted by molar-refractivity contribution is 0.0949. The van der Waals surface area contributed by atoms with Crippen LogP contribution in [-0.4, -0.2) is 44.1 Å². The van der Waals surface area contributed by atoms with E-state index < -0.39 is 0 Å². The van der Waals surface area contributed by atoms with Gasteiger partial charge in [-0.3, -0.25) is 4.79 Å². The summed E-state index contributed by atoms with van der Waals surface area (Å²) in [5.41, 5.74) is 0.641. The standard InChI is InChI=1S/C14H19BrN2O2/c1-17(11-4-5-11)8-7-16-14(18)10-3-6-13(19-2)12(15)9-10/h3,6,9,11H,4-5,7-8H2,1-2H3,(H,16,18). The van der Waals surface area contributed by atoms with Crippen LogP contribution in [-0.2, 0) is 0 Å². The zero-order chi connectivity index (χ0) is 13.8. The molecule has 1 N–H and O–H groups in total. The highest BCUT2D eigenvalue weighted by atomic mass is 79.9. The maximum Gasteiger partial charge on any atom is 0.251 e. The van der Waals surface area contributed by atoms with E-state index in [0.29, 0.717) is 12.1 Å². The molecule has 4 nitrogen and oxygen atoms in total. The molecular formula is C14H19BrN2O2. The van der Waals surface area contributed by atoms with Gasteiger partial charge in [0.25, 0.3) is 5.91 Å². The molecular weight excluding hydrogens is 308 g/mol. The number of amides is 1. The Hall–Kier alpha value is -1.07. The zero-order valence-electron chi connectivity index (χ0n) is 11.3. The number of benzene rings is 1. The lowest BCUT2D eigenvalue weighted by atomic mass is 10.2. The lowest BCUT2D eigenvalue weighted by Gasteiger charge is -2.15. The van der Waals surface area contributed by atoms with E-state index in [9.17, 15) is 4.79 Å². The van der Waals surface area contributed by atoms with E-state index in [2.05, 4.69) is 33.2 Å². The van der Waals surface area contributed by atoms with Crippen LogP contribution in [0.1, 0.15) is 23.2 Å². The minimum absolute atomic E-state index is 0.0486. The van der Waals surface area contributed by atoms with Crippen LogP contribution >= 0.6 is 15.9 Å². The van der Waals surface area contributed by atoms with E-state index in [1.165, 1.54) is 12.8 Å². The quantitative estimate of drug-likeness (QED) is 0.872. The first kappa shape index (κ1) is 14.3. The fraction of sp³-hybridized carbons (Fsp3) is 0.500. The number of nitrogens with zero attached hydrogens (tertiary/aromatic N) is 1. The second kappa shape index (κ2) is 6.39. The van der Waals surface area contributed by atoms with Gasteiger partial charge < -0.3 is 15.0 Å². The van der Waals surface area contributed by atoms with Gasteiger partial charge in [0.15, 0.2) is 0 Å². The first-order valence-corrected chi connectivity index (χ1v) is 7.23. The van der Waals surface area contributed by atoms with E-state index in [1.54, 1.807) is 25.3 Å². The maximum absolute atomic E-state index is 12.0. The molecule has 0 atom stereocenters. The van der Waals surface area contributed by atoms with E-state index in [0.717, 1.165) is 22.8 Å². The Morgan fingerprint density at radius 1 is 1.53 bits per heavy atom. The van der Waals surface area contributed by atoms with Gasteiger partial charge in [-0.2, -0.15) is 0 Å². The summed E-state index contributed by atoms with van der Waals surface area (Å²) in [5, 5.41) is 2.93. The lowest BCUT2D eigenvalue weighted by Crippen LogP contribution is -2.33. The molecule has 1 fully saturated rings. The van der Waals surface area contributed by atoms with E-state index in [4.69, 9.17) is 4.74 Å². The van der Waals surface area contributed by atoms with Crippen molar-refractivity contribution in [2.75, 3.05) is 27.2 Å². The van der Waals surface area contributed by atoms with Crippen molar-refractivity contribution in [3.8, 4) is 5.75 Å². The van der Waals surface area contributed by atoms with Crippen LogP contribution in [0.5, 0.6) is 5.75 Å². The molecule has 0 spiro atoms. The number of halogens is 1. The molecule has 0 aromatic heterocycles. The predicted octanol–water partition coefficient (Wildman–Crippen LogP) is 2.28. The summed E-state index contributed by atoms with van der Waals surface area (Å²) in [6, 6.07) is 6.06. The summed E-state index contributed by atoms with van der Waals surface area (Å²) in [7, 11) is 3.71. The topological polar surface area (TPSA) is 41.6 Å². The number of carbonyl (C=O) groups excluding carboxylic acids is 1. The van der Waals surface area contributed by atoms with E-state index in [-0.39, 0.29) is 5.91 Å². The number of likely N-dealkylation sites (N-methyl/N-ethyl adjacent to an activating group) is 1. The Morgan fingerprint density at radius 3 is 2.84 bits per heavy atom. The van der Waals surface area contributed by atoms with Crippen molar-refractivity contribution in [1.29, 1.82) is 0 Å². The van der Waals surface area contributed by atoms with E-state index in [1.807, 2.05) is 0 Å². The number of rotatable bonds is 6. The number of carbonyl (C=O) groups is 1. The minimum Gasteiger partial charge on any atom is -0.496 e. The summed E-state index contributed by atoms with van der Waals surface area (Å²) in [6.45, 7) is 1.57.